The molecule has 0 aliphatic heterocycles. The zero-order valence-corrected chi connectivity index (χ0v) is 8.16. The Morgan fingerprint density at radius 2 is 2.23 bits per heavy atom. The van der Waals surface area contributed by atoms with E-state index in [0.717, 1.165) is 0 Å². The number of nitrogens with one attached hydrogen (secondary N) is 1. The number of anilines is 1. The lowest BCUT2D eigenvalue weighted by Crippen LogP contribution is -1.97. The molecule has 70 valence electrons. The van der Waals surface area contributed by atoms with E-state index in [1.54, 1.807) is 18.2 Å². The van der Waals surface area contributed by atoms with Crippen molar-refractivity contribution in [2.45, 2.75) is 0 Å². The first-order valence-corrected chi connectivity index (χ1v) is 5.00. The predicted molar refractivity (Wildman–Crippen MR) is 53.8 cm³/mol. The van der Waals surface area contributed by atoms with Crippen LogP contribution in [-0.2, 0) is 0 Å². The van der Waals surface area contributed by atoms with Crippen LogP contribution in [-0.4, -0.2) is 11.2 Å². The molecule has 0 aliphatic rings. The van der Waals surface area contributed by atoms with Gasteiger partial charge >= 0.3 is 6.04 Å². The summed E-state index contributed by atoms with van der Waals surface area (Å²) < 4.78 is 15.2. The summed E-state index contributed by atoms with van der Waals surface area (Å²) in [5.41, 5.74) is 0.473. The van der Waals surface area contributed by atoms with Crippen LogP contribution in [0.4, 0.5) is 10.1 Å². The van der Waals surface area contributed by atoms with Crippen LogP contribution in [0.25, 0.3) is 0 Å². The van der Waals surface area contributed by atoms with Crippen LogP contribution in [0.15, 0.2) is 24.3 Å². The summed E-state index contributed by atoms with van der Waals surface area (Å²) >= 11 is 6.59. The van der Waals surface area contributed by atoms with E-state index in [9.17, 15) is 9.18 Å². The summed E-state index contributed by atoms with van der Waals surface area (Å²) in [5, 5.41) is 0.328. The quantitative estimate of drug-likeness (QED) is 0.480. The van der Waals surface area contributed by atoms with E-state index in [-0.39, 0.29) is 5.56 Å². The Morgan fingerprint density at radius 1 is 1.54 bits per heavy atom. The van der Waals surface area contributed by atoms with Gasteiger partial charge in [-0.05, 0) is 24.1 Å². The van der Waals surface area contributed by atoms with Crippen molar-refractivity contribution in [2.75, 3.05) is 9.93 Å². The summed E-state index contributed by atoms with van der Waals surface area (Å²) in [6, 6.07) is 4.90. The predicted octanol–water partition coefficient (Wildman–Crippen LogP) is 3.05. The van der Waals surface area contributed by atoms with Crippen LogP contribution in [0.3, 0.4) is 0 Å². The van der Waals surface area contributed by atoms with Gasteiger partial charge in [-0.2, -0.15) is 4.39 Å². The Labute approximate surface area is 84.6 Å². The zero-order valence-electron chi connectivity index (χ0n) is 6.59. The molecular weight excluding hydrogens is 213 g/mol. The van der Waals surface area contributed by atoms with Gasteiger partial charge in [0.25, 0.3) is 0 Å². The number of hydrogen-bond acceptors (Lipinski definition) is 3. The molecule has 0 unspecified atom stereocenters. The lowest BCUT2D eigenvalue weighted by molar-refractivity contribution is 0.0837. The van der Waals surface area contributed by atoms with Crippen molar-refractivity contribution in [1.29, 1.82) is 0 Å². The lowest BCUT2D eigenvalue weighted by atomic mass is 10.2. The molecular formula is C8H7ClFNOS. The molecule has 0 amide bonds. The third-order valence-corrected chi connectivity index (χ3v) is 2.18. The van der Waals surface area contributed by atoms with E-state index in [2.05, 4.69) is 4.72 Å². The normalized spacial score (nSPS) is 9.69. The van der Waals surface area contributed by atoms with Gasteiger partial charge in [-0.1, -0.05) is 12.1 Å². The molecule has 5 heteroatoms. The standard InChI is InChI=1S/C8H7ClFNOS/c9-5-13-11-7-4-2-1-3-6(7)8(10)12/h1-4,11H,5H2. The number of hydrogen-bond donors (Lipinski definition) is 1. The zero-order chi connectivity index (χ0) is 9.68. The average molecular weight is 220 g/mol. The first-order valence-electron chi connectivity index (χ1n) is 3.48. The topological polar surface area (TPSA) is 29.1 Å². The summed E-state index contributed by atoms with van der Waals surface area (Å²) in [5.74, 6) is 0. The van der Waals surface area contributed by atoms with Crippen LogP contribution in [0.5, 0.6) is 0 Å². The number of alkyl halides is 1. The van der Waals surface area contributed by atoms with Gasteiger partial charge in [-0.25, -0.2) is 0 Å². The number of carbonyl (C=O) groups is 1. The molecule has 1 aromatic rings. The molecule has 1 rings (SSSR count). The van der Waals surface area contributed by atoms with Crippen molar-refractivity contribution in [2.24, 2.45) is 0 Å². The minimum Gasteiger partial charge on any atom is -0.328 e. The third kappa shape index (κ3) is 2.90. The fourth-order valence-corrected chi connectivity index (χ4v) is 1.40. The summed E-state index contributed by atoms with van der Waals surface area (Å²) in [6.45, 7) is 0. The largest absolute Gasteiger partial charge is 0.334 e. The van der Waals surface area contributed by atoms with Crippen LogP contribution >= 0.6 is 23.5 Å². The molecule has 0 aromatic heterocycles. The van der Waals surface area contributed by atoms with Crippen molar-refractivity contribution in [3.05, 3.63) is 29.8 Å². The minimum absolute atomic E-state index is 0.0279. The fraction of sp³-hybridized carbons (Fsp3) is 0.125. The highest BCUT2D eigenvalue weighted by Gasteiger charge is 2.08. The van der Waals surface area contributed by atoms with Crippen LogP contribution in [0.1, 0.15) is 10.4 Å². The first-order chi connectivity index (χ1) is 6.25. The van der Waals surface area contributed by atoms with Gasteiger partial charge in [0.2, 0.25) is 0 Å². The van der Waals surface area contributed by atoms with Crippen LogP contribution in [0.2, 0.25) is 0 Å². The van der Waals surface area contributed by atoms with Crippen molar-refractivity contribution >= 4 is 35.3 Å². The molecule has 13 heavy (non-hydrogen) atoms. The molecule has 0 bridgehead atoms. The molecule has 2 nitrogen and oxygen atoms in total. The van der Waals surface area contributed by atoms with Gasteiger partial charge in [-0.15, -0.1) is 11.6 Å². The molecule has 0 fully saturated rings. The summed E-state index contributed by atoms with van der Waals surface area (Å²) in [6.07, 6.45) is 0. The Morgan fingerprint density at radius 3 is 2.85 bits per heavy atom. The highest BCUT2D eigenvalue weighted by atomic mass is 35.5. The Kier molecular flexibility index (Phi) is 4.05. The summed E-state index contributed by atoms with van der Waals surface area (Å²) in [4.78, 5) is 10.5. The lowest BCUT2D eigenvalue weighted by Gasteiger charge is -2.05. The number of carbonyl (C=O) groups excluding carboxylic acids is 1. The Hall–Kier alpha value is -0.740. The van der Waals surface area contributed by atoms with E-state index in [1.807, 2.05) is 0 Å². The SMILES string of the molecule is O=C(F)c1ccccc1NSCCl. The third-order valence-electron chi connectivity index (χ3n) is 1.38. The Balaban J connectivity index is 2.84. The first kappa shape index (κ1) is 10.3. The van der Waals surface area contributed by atoms with Gasteiger partial charge < -0.3 is 4.72 Å². The maximum atomic E-state index is 12.4. The molecule has 0 spiro atoms. The number of halogens is 2. The van der Waals surface area contributed by atoms with Gasteiger partial charge in [0.05, 0.1) is 16.5 Å². The van der Waals surface area contributed by atoms with Gasteiger partial charge in [0.1, 0.15) is 0 Å². The highest BCUT2D eigenvalue weighted by molar-refractivity contribution is 8.01. The van der Waals surface area contributed by atoms with Crippen molar-refractivity contribution in [3.63, 3.8) is 0 Å². The van der Waals surface area contributed by atoms with Crippen molar-refractivity contribution in [3.8, 4) is 0 Å². The molecule has 1 aromatic carbocycles. The van der Waals surface area contributed by atoms with E-state index >= 15 is 0 Å². The molecule has 0 heterocycles. The van der Waals surface area contributed by atoms with E-state index in [4.69, 9.17) is 11.6 Å². The molecule has 0 radical (unpaired) electrons. The van der Waals surface area contributed by atoms with Gasteiger partial charge in [-0.3, -0.25) is 4.79 Å². The molecule has 0 saturated carbocycles. The second-order valence-corrected chi connectivity index (χ2v) is 3.54. The monoisotopic (exact) mass is 219 g/mol. The fourth-order valence-electron chi connectivity index (χ4n) is 0.849. The maximum Gasteiger partial charge on any atom is 0.334 e. The maximum absolute atomic E-state index is 12.4. The van der Waals surface area contributed by atoms with Crippen LogP contribution < -0.4 is 4.72 Å². The summed E-state index contributed by atoms with van der Waals surface area (Å²) in [7, 11) is 0. The highest BCUT2D eigenvalue weighted by Crippen LogP contribution is 2.19. The van der Waals surface area contributed by atoms with Crippen molar-refractivity contribution in [1.82, 2.24) is 0 Å². The van der Waals surface area contributed by atoms with E-state index < -0.39 is 6.04 Å². The molecule has 0 atom stereocenters. The minimum atomic E-state index is -1.45. The van der Waals surface area contributed by atoms with E-state index in [1.165, 1.54) is 18.0 Å². The smallest absolute Gasteiger partial charge is 0.328 e. The second kappa shape index (κ2) is 5.09. The molecule has 0 aliphatic carbocycles. The molecule has 1 N–H and O–H groups in total. The average Bonchev–Trinajstić information content (AvgIpc) is 2.15. The van der Waals surface area contributed by atoms with Crippen LogP contribution in [0, 0.1) is 0 Å². The molecule has 0 saturated heterocycles. The number of para-hydroxylation sites is 1. The Bertz CT molecular complexity index is 308. The van der Waals surface area contributed by atoms with Gasteiger partial charge in [0.15, 0.2) is 0 Å². The number of benzene rings is 1. The van der Waals surface area contributed by atoms with E-state index in [0.29, 0.717) is 10.9 Å². The second-order valence-electron chi connectivity index (χ2n) is 2.17. The van der Waals surface area contributed by atoms with Crippen molar-refractivity contribution < 1.29 is 9.18 Å². The van der Waals surface area contributed by atoms with Gasteiger partial charge in [0, 0.05) is 0 Å². The number of rotatable bonds is 4.